The quantitative estimate of drug-likeness (QED) is 0.554. The second-order valence-electron chi connectivity index (χ2n) is 8.90. The minimum Gasteiger partial charge on any atom is -0.408 e. The van der Waals surface area contributed by atoms with E-state index in [-0.39, 0.29) is 45.0 Å². The van der Waals surface area contributed by atoms with E-state index in [1.807, 2.05) is 62.2 Å². The number of amides is 1. The van der Waals surface area contributed by atoms with Crippen molar-refractivity contribution in [3.8, 4) is 0 Å². The summed E-state index contributed by atoms with van der Waals surface area (Å²) in [5.74, 6) is -0.531. The van der Waals surface area contributed by atoms with Crippen LogP contribution >= 0.6 is 27.0 Å². The first-order chi connectivity index (χ1) is 14.8. The minimum atomic E-state index is -0.811. The van der Waals surface area contributed by atoms with Gasteiger partial charge in [0.1, 0.15) is 0 Å². The molecule has 1 fully saturated rings. The van der Waals surface area contributed by atoms with Crippen molar-refractivity contribution >= 4 is 44.0 Å². The molecule has 2 aromatic carbocycles. The van der Waals surface area contributed by atoms with Crippen molar-refractivity contribution < 1.29 is 14.3 Å². The number of aromatic amines is 1. The molecule has 0 aliphatic carbocycles. The molecule has 1 aliphatic rings. The molecule has 3 aromatic rings. The van der Waals surface area contributed by atoms with E-state index < -0.39 is 11.2 Å². The third kappa shape index (κ3) is 5.66. The predicted octanol–water partition coefficient (Wildman–Crippen LogP) is 2.89. The van der Waals surface area contributed by atoms with Crippen LogP contribution in [0.4, 0.5) is 0 Å². The molecule has 0 spiro atoms. The second-order valence-corrected chi connectivity index (χ2v) is 8.90. The lowest BCUT2D eigenvalue weighted by Gasteiger charge is -2.37. The number of rotatable bonds is 6. The number of nitrogens with one attached hydrogen (secondary N) is 1. The largest absolute Gasteiger partial charge is 0.417 e. The molecule has 33 heavy (non-hydrogen) atoms. The Morgan fingerprint density at radius 2 is 1.94 bits per heavy atom. The van der Waals surface area contributed by atoms with E-state index in [1.54, 1.807) is 12.1 Å². The van der Waals surface area contributed by atoms with E-state index in [0.717, 1.165) is 24.1 Å². The Balaban J connectivity index is 0.00000193. The molecule has 1 aromatic heterocycles. The molecule has 2 atom stereocenters. The SMILES string of the molecule is CN(C(=O)C(C)(C)c1ccc2oc(=O)[nH]c2c1)[C@H](CN1CC[C@H](O)C1)c1ccccc1.S.S. The maximum absolute atomic E-state index is 13.7. The third-order valence-electron chi connectivity index (χ3n) is 6.33. The lowest BCUT2D eigenvalue weighted by Crippen LogP contribution is -2.46. The van der Waals surface area contributed by atoms with Crippen LogP contribution < -0.4 is 5.76 Å². The first-order valence-corrected chi connectivity index (χ1v) is 10.6. The van der Waals surface area contributed by atoms with E-state index >= 15 is 0 Å². The Hall–Kier alpha value is -2.20. The van der Waals surface area contributed by atoms with Crippen LogP contribution in [0.15, 0.2) is 57.7 Å². The molecule has 0 bridgehead atoms. The summed E-state index contributed by atoms with van der Waals surface area (Å²) in [5.41, 5.74) is 2.11. The lowest BCUT2D eigenvalue weighted by molar-refractivity contribution is -0.137. The molecule has 0 unspecified atom stereocenters. The Morgan fingerprint density at radius 3 is 2.58 bits per heavy atom. The van der Waals surface area contributed by atoms with Crippen molar-refractivity contribution in [1.29, 1.82) is 0 Å². The fourth-order valence-electron chi connectivity index (χ4n) is 4.40. The average molecular weight is 492 g/mol. The number of aliphatic hydroxyl groups excluding tert-OH is 1. The molecule has 2 heterocycles. The van der Waals surface area contributed by atoms with Crippen molar-refractivity contribution in [3.05, 3.63) is 70.2 Å². The van der Waals surface area contributed by atoms with Gasteiger partial charge in [-0.2, -0.15) is 27.0 Å². The highest BCUT2D eigenvalue weighted by Crippen LogP contribution is 2.32. The zero-order valence-electron chi connectivity index (χ0n) is 19.2. The van der Waals surface area contributed by atoms with E-state index in [9.17, 15) is 14.7 Å². The Bertz CT molecular complexity index is 1130. The molecule has 0 radical (unpaired) electrons. The van der Waals surface area contributed by atoms with Gasteiger partial charge in [0, 0.05) is 26.7 Å². The lowest BCUT2D eigenvalue weighted by atomic mass is 9.82. The molecule has 4 rings (SSSR count). The molecular formula is C24H33N3O4S2. The van der Waals surface area contributed by atoms with Crippen LogP contribution in [-0.2, 0) is 10.2 Å². The molecular weight excluding hydrogens is 458 g/mol. The highest BCUT2D eigenvalue weighted by Gasteiger charge is 2.37. The predicted molar refractivity (Wildman–Crippen MR) is 140 cm³/mol. The van der Waals surface area contributed by atoms with Crippen molar-refractivity contribution in [2.45, 2.75) is 37.8 Å². The normalized spacial score (nSPS) is 17.3. The van der Waals surface area contributed by atoms with Crippen molar-refractivity contribution in [2.75, 3.05) is 26.7 Å². The van der Waals surface area contributed by atoms with Crippen LogP contribution in [0.2, 0.25) is 0 Å². The monoisotopic (exact) mass is 491 g/mol. The van der Waals surface area contributed by atoms with Gasteiger partial charge in [-0.25, -0.2) is 4.79 Å². The number of carbonyl (C=O) groups excluding carboxylic acids is 1. The molecule has 1 aliphatic heterocycles. The average Bonchev–Trinajstić information content (AvgIpc) is 3.34. The van der Waals surface area contributed by atoms with E-state index in [2.05, 4.69) is 9.88 Å². The van der Waals surface area contributed by atoms with Crippen LogP contribution in [0, 0.1) is 0 Å². The van der Waals surface area contributed by atoms with Gasteiger partial charge in [0.15, 0.2) is 5.58 Å². The van der Waals surface area contributed by atoms with Gasteiger partial charge in [0.25, 0.3) is 0 Å². The molecule has 1 saturated heterocycles. The van der Waals surface area contributed by atoms with Crippen molar-refractivity contribution in [2.24, 2.45) is 0 Å². The van der Waals surface area contributed by atoms with Gasteiger partial charge in [0.2, 0.25) is 5.91 Å². The fraction of sp³-hybridized carbons (Fsp3) is 0.417. The number of aliphatic hydroxyl groups is 1. The highest BCUT2D eigenvalue weighted by molar-refractivity contribution is 7.59. The number of H-pyrrole nitrogens is 1. The van der Waals surface area contributed by atoms with Gasteiger partial charge in [-0.1, -0.05) is 36.4 Å². The third-order valence-corrected chi connectivity index (χ3v) is 6.33. The number of nitrogens with zero attached hydrogens (tertiary/aromatic N) is 2. The van der Waals surface area contributed by atoms with Gasteiger partial charge < -0.3 is 14.4 Å². The summed E-state index contributed by atoms with van der Waals surface area (Å²) in [6.45, 7) is 5.90. The van der Waals surface area contributed by atoms with Gasteiger partial charge in [-0.3, -0.25) is 14.7 Å². The Morgan fingerprint density at radius 1 is 1.24 bits per heavy atom. The smallest absolute Gasteiger partial charge is 0.408 e. The van der Waals surface area contributed by atoms with Gasteiger partial charge >= 0.3 is 5.76 Å². The number of oxazole rings is 1. The summed E-state index contributed by atoms with van der Waals surface area (Å²) in [6, 6.07) is 15.2. The number of benzene rings is 2. The van der Waals surface area contributed by atoms with E-state index in [0.29, 0.717) is 24.2 Å². The van der Waals surface area contributed by atoms with E-state index in [4.69, 9.17) is 4.42 Å². The number of carbonyl (C=O) groups is 1. The minimum absolute atomic E-state index is 0. The van der Waals surface area contributed by atoms with Gasteiger partial charge in [-0.05, 0) is 43.5 Å². The highest BCUT2D eigenvalue weighted by atomic mass is 32.1. The second kappa shape index (κ2) is 10.8. The summed E-state index contributed by atoms with van der Waals surface area (Å²) >= 11 is 0. The van der Waals surface area contributed by atoms with E-state index in [1.165, 1.54) is 0 Å². The number of aromatic nitrogens is 1. The summed E-state index contributed by atoms with van der Waals surface area (Å²) in [5, 5.41) is 9.94. The van der Waals surface area contributed by atoms with Gasteiger partial charge in [0.05, 0.1) is 23.1 Å². The van der Waals surface area contributed by atoms with Crippen LogP contribution in [-0.4, -0.2) is 58.6 Å². The summed E-state index contributed by atoms with van der Waals surface area (Å²) < 4.78 is 5.09. The van der Waals surface area contributed by atoms with Crippen LogP contribution in [0.5, 0.6) is 0 Å². The first-order valence-electron chi connectivity index (χ1n) is 10.6. The Kier molecular flexibility index (Phi) is 8.87. The zero-order chi connectivity index (χ0) is 22.2. The Labute approximate surface area is 207 Å². The number of hydrogen-bond acceptors (Lipinski definition) is 5. The first kappa shape index (κ1) is 27.0. The maximum Gasteiger partial charge on any atom is 0.417 e. The number of fused-ring (bicyclic) bond motifs is 1. The zero-order valence-corrected chi connectivity index (χ0v) is 21.2. The molecule has 1 amide bonds. The number of likely N-dealkylation sites (tertiary alicyclic amines) is 1. The number of likely N-dealkylation sites (N-methyl/N-ethyl adjacent to an activating group) is 1. The fourth-order valence-corrected chi connectivity index (χ4v) is 4.40. The summed E-state index contributed by atoms with van der Waals surface area (Å²) in [6.07, 6.45) is 0.450. The molecule has 7 nitrogen and oxygen atoms in total. The van der Waals surface area contributed by atoms with Crippen molar-refractivity contribution in [3.63, 3.8) is 0 Å². The number of hydrogen-bond donors (Lipinski definition) is 2. The topological polar surface area (TPSA) is 89.8 Å². The number of β-amino-alcohol motifs (C(OH)–C–C–N with tert-alkyl or cyclic N) is 1. The van der Waals surface area contributed by atoms with Crippen LogP contribution in [0.25, 0.3) is 11.1 Å². The summed E-state index contributed by atoms with van der Waals surface area (Å²) in [4.78, 5) is 31.9. The standard InChI is InChI=1S/C24H29N3O4.2H2S/c1-24(2,17-9-10-21-19(13-17)25-23(30)31-21)22(29)26(3)20(16-7-5-4-6-8-16)15-27-12-11-18(28)14-27;;/h4-10,13,18,20,28H,11-12,14-15H2,1-3H3,(H,25,30);2*1H2/t18-,20+;;/m0../s1. The maximum atomic E-state index is 13.7. The molecule has 9 heteroatoms. The van der Waals surface area contributed by atoms with Crippen LogP contribution in [0.3, 0.4) is 0 Å². The van der Waals surface area contributed by atoms with Crippen molar-refractivity contribution in [1.82, 2.24) is 14.8 Å². The van der Waals surface area contributed by atoms with Crippen LogP contribution in [0.1, 0.15) is 37.4 Å². The summed E-state index contributed by atoms with van der Waals surface area (Å²) in [7, 11) is 1.84. The molecule has 180 valence electrons. The molecule has 0 saturated carbocycles. The van der Waals surface area contributed by atoms with Gasteiger partial charge in [-0.15, -0.1) is 0 Å². The molecule has 2 N–H and O–H groups in total.